The largest absolute Gasteiger partial charge is 0.366 e. The summed E-state index contributed by atoms with van der Waals surface area (Å²) in [6.45, 7) is 2.18. The molecule has 2 heterocycles. The second-order valence-corrected chi connectivity index (χ2v) is 5.75. The fourth-order valence-electron chi connectivity index (χ4n) is 2.84. The topological polar surface area (TPSA) is 80.9 Å². The van der Waals surface area contributed by atoms with E-state index >= 15 is 0 Å². The molecule has 0 saturated carbocycles. The first-order chi connectivity index (χ1) is 10.7. The van der Waals surface area contributed by atoms with E-state index in [4.69, 9.17) is 5.73 Å². The normalized spacial score (nSPS) is 18.1. The molecular weight excluding hydrogens is 276 g/mol. The molecule has 5 heteroatoms. The van der Waals surface area contributed by atoms with Crippen molar-refractivity contribution in [1.82, 2.24) is 15.3 Å². The summed E-state index contributed by atoms with van der Waals surface area (Å²) in [6, 6.07) is 7.15. The van der Waals surface area contributed by atoms with Crippen molar-refractivity contribution in [3.63, 3.8) is 0 Å². The summed E-state index contributed by atoms with van der Waals surface area (Å²) in [5, 5.41) is 3.42. The first kappa shape index (κ1) is 14.7. The fraction of sp³-hybridized carbons (Fsp3) is 0.353. The van der Waals surface area contributed by atoms with E-state index in [0.717, 1.165) is 36.5 Å². The summed E-state index contributed by atoms with van der Waals surface area (Å²) < 4.78 is 0. The number of rotatable bonds is 4. The van der Waals surface area contributed by atoms with E-state index in [2.05, 4.69) is 15.3 Å². The van der Waals surface area contributed by atoms with Gasteiger partial charge in [0.1, 0.15) is 0 Å². The van der Waals surface area contributed by atoms with Crippen LogP contribution in [0.4, 0.5) is 0 Å². The first-order valence-corrected chi connectivity index (χ1v) is 7.64. The molecule has 3 N–H and O–H groups in total. The zero-order valence-corrected chi connectivity index (χ0v) is 12.5. The lowest BCUT2D eigenvalue weighted by molar-refractivity contribution is 0.100. The van der Waals surface area contributed by atoms with Gasteiger partial charge in [0.2, 0.25) is 5.91 Å². The van der Waals surface area contributed by atoms with Crippen molar-refractivity contribution < 1.29 is 4.79 Å². The molecule has 0 aliphatic carbocycles. The van der Waals surface area contributed by atoms with Gasteiger partial charge in [0, 0.05) is 17.3 Å². The molecule has 1 aliphatic heterocycles. The maximum atomic E-state index is 11.2. The second kappa shape index (κ2) is 6.66. The number of carbonyl (C=O) groups excluding carboxylic acids is 1. The number of amides is 1. The third-order valence-electron chi connectivity index (χ3n) is 4.04. The summed E-state index contributed by atoms with van der Waals surface area (Å²) in [5.74, 6) is 0.211. The van der Waals surface area contributed by atoms with Gasteiger partial charge in [0.25, 0.3) is 0 Å². The third kappa shape index (κ3) is 3.49. The van der Waals surface area contributed by atoms with Gasteiger partial charge in [0.05, 0.1) is 17.6 Å². The Morgan fingerprint density at radius 1 is 1.32 bits per heavy atom. The molecular formula is C17H20N4O. The van der Waals surface area contributed by atoms with Crippen LogP contribution in [0.3, 0.4) is 0 Å². The Morgan fingerprint density at radius 2 is 2.23 bits per heavy atom. The van der Waals surface area contributed by atoms with Crippen LogP contribution in [-0.4, -0.2) is 29.0 Å². The zero-order chi connectivity index (χ0) is 15.4. The Balaban J connectivity index is 1.73. The third-order valence-corrected chi connectivity index (χ3v) is 4.04. The molecule has 1 saturated heterocycles. The van der Waals surface area contributed by atoms with Crippen LogP contribution < -0.4 is 11.1 Å². The number of hydrogen-bond donors (Lipinski definition) is 2. The Kier molecular flexibility index (Phi) is 4.44. The van der Waals surface area contributed by atoms with Gasteiger partial charge in [-0.3, -0.25) is 14.8 Å². The minimum Gasteiger partial charge on any atom is -0.366 e. The molecule has 114 valence electrons. The van der Waals surface area contributed by atoms with E-state index in [-0.39, 0.29) is 0 Å². The summed E-state index contributed by atoms with van der Waals surface area (Å²) in [4.78, 5) is 20.2. The Labute approximate surface area is 130 Å². The quantitative estimate of drug-likeness (QED) is 0.901. The van der Waals surface area contributed by atoms with Gasteiger partial charge < -0.3 is 11.1 Å². The number of aromatic nitrogens is 2. The summed E-state index contributed by atoms with van der Waals surface area (Å²) in [5.41, 5.74) is 8.42. The van der Waals surface area contributed by atoms with Crippen LogP contribution >= 0.6 is 0 Å². The van der Waals surface area contributed by atoms with E-state index in [9.17, 15) is 4.79 Å². The van der Waals surface area contributed by atoms with Gasteiger partial charge in [-0.15, -0.1) is 0 Å². The van der Waals surface area contributed by atoms with Crippen LogP contribution in [0.15, 0.2) is 36.7 Å². The van der Waals surface area contributed by atoms with Crippen LogP contribution in [0.1, 0.15) is 28.9 Å². The van der Waals surface area contributed by atoms with Crippen LogP contribution in [0, 0.1) is 5.92 Å². The molecule has 2 aromatic rings. The zero-order valence-electron chi connectivity index (χ0n) is 12.5. The van der Waals surface area contributed by atoms with Gasteiger partial charge >= 0.3 is 0 Å². The van der Waals surface area contributed by atoms with Crippen molar-refractivity contribution in [2.75, 3.05) is 13.1 Å². The average molecular weight is 296 g/mol. The van der Waals surface area contributed by atoms with Gasteiger partial charge in [-0.1, -0.05) is 12.1 Å². The van der Waals surface area contributed by atoms with Crippen molar-refractivity contribution in [2.45, 2.75) is 19.3 Å². The highest BCUT2D eigenvalue weighted by Gasteiger charge is 2.14. The number of nitrogens with two attached hydrogens (primary N) is 1. The smallest absolute Gasteiger partial charge is 0.248 e. The van der Waals surface area contributed by atoms with Crippen molar-refractivity contribution in [2.24, 2.45) is 11.7 Å². The maximum Gasteiger partial charge on any atom is 0.248 e. The lowest BCUT2D eigenvalue weighted by atomic mass is 9.95. The minimum atomic E-state index is -0.434. The fourth-order valence-corrected chi connectivity index (χ4v) is 2.84. The van der Waals surface area contributed by atoms with Gasteiger partial charge in [-0.25, -0.2) is 0 Å². The number of carbonyl (C=O) groups is 1. The van der Waals surface area contributed by atoms with E-state index in [1.54, 1.807) is 24.4 Å². The number of piperidine rings is 1. The lowest BCUT2D eigenvalue weighted by Crippen LogP contribution is -2.31. The molecule has 0 radical (unpaired) electrons. The van der Waals surface area contributed by atoms with Crippen LogP contribution in [-0.2, 0) is 6.42 Å². The van der Waals surface area contributed by atoms with Crippen LogP contribution in [0.5, 0.6) is 0 Å². The van der Waals surface area contributed by atoms with Crippen LogP contribution in [0.2, 0.25) is 0 Å². The first-order valence-electron chi connectivity index (χ1n) is 7.64. The van der Waals surface area contributed by atoms with E-state index in [1.165, 1.54) is 12.8 Å². The Hall–Kier alpha value is -2.27. The summed E-state index contributed by atoms with van der Waals surface area (Å²) in [7, 11) is 0. The minimum absolute atomic E-state index is 0.434. The number of nitrogens with zero attached hydrogens (tertiary/aromatic N) is 2. The number of benzene rings is 1. The molecule has 1 atom stereocenters. The van der Waals surface area contributed by atoms with E-state index < -0.39 is 5.91 Å². The maximum absolute atomic E-state index is 11.2. The molecule has 1 aromatic carbocycles. The number of hydrogen-bond acceptors (Lipinski definition) is 4. The summed E-state index contributed by atoms with van der Waals surface area (Å²) in [6.07, 6.45) is 7.04. The van der Waals surface area contributed by atoms with Gasteiger partial charge in [-0.2, -0.15) is 0 Å². The Bertz CT molecular complexity index is 648. The monoisotopic (exact) mass is 296 g/mol. The average Bonchev–Trinajstić information content (AvgIpc) is 2.56. The molecule has 22 heavy (non-hydrogen) atoms. The van der Waals surface area contributed by atoms with Crippen molar-refractivity contribution in [1.29, 1.82) is 0 Å². The summed E-state index contributed by atoms with van der Waals surface area (Å²) >= 11 is 0. The lowest BCUT2D eigenvalue weighted by Gasteiger charge is -2.22. The highest BCUT2D eigenvalue weighted by molar-refractivity contribution is 5.93. The molecule has 5 nitrogen and oxygen atoms in total. The standard InChI is InChI=1S/C17H20N4O/c18-17(22)14-5-1-4-13(8-14)16-11-20-15(10-21-16)7-12-3-2-6-19-9-12/h1,4-5,8,10-12,19H,2-3,6-7,9H2,(H2,18,22)/t12-/m0/s1. The predicted octanol–water partition coefficient (Wildman–Crippen LogP) is 1.78. The SMILES string of the molecule is NC(=O)c1cccc(-c2cnc(C[C@@H]3CCCNC3)cn2)c1. The molecule has 1 fully saturated rings. The van der Waals surface area contributed by atoms with Crippen molar-refractivity contribution in [3.05, 3.63) is 47.9 Å². The van der Waals surface area contributed by atoms with Gasteiger partial charge in [0.15, 0.2) is 0 Å². The van der Waals surface area contributed by atoms with Crippen molar-refractivity contribution >= 4 is 5.91 Å². The number of nitrogens with one attached hydrogen (secondary N) is 1. The predicted molar refractivity (Wildman–Crippen MR) is 85.3 cm³/mol. The molecule has 3 rings (SSSR count). The molecule has 1 amide bonds. The van der Waals surface area contributed by atoms with Crippen LogP contribution in [0.25, 0.3) is 11.3 Å². The Morgan fingerprint density at radius 3 is 2.91 bits per heavy atom. The second-order valence-electron chi connectivity index (χ2n) is 5.75. The molecule has 0 spiro atoms. The van der Waals surface area contributed by atoms with E-state index in [1.807, 2.05) is 12.3 Å². The highest BCUT2D eigenvalue weighted by atomic mass is 16.1. The highest BCUT2D eigenvalue weighted by Crippen LogP contribution is 2.19. The van der Waals surface area contributed by atoms with E-state index in [0.29, 0.717) is 11.5 Å². The number of primary amides is 1. The molecule has 0 bridgehead atoms. The molecule has 1 aliphatic rings. The molecule has 0 unspecified atom stereocenters. The van der Waals surface area contributed by atoms with Crippen molar-refractivity contribution in [3.8, 4) is 11.3 Å². The molecule has 1 aromatic heterocycles. The van der Waals surface area contributed by atoms with Gasteiger partial charge in [-0.05, 0) is 50.4 Å².